The molecule has 3 atom stereocenters. The highest BCUT2D eigenvalue weighted by Gasteiger charge is 2.37. The number of aryl methyl sites for hydroxylation is 1. The van der Waals surface area contributed by atoms with Crippen molar-refractivity contribution in [1.29, 1.82) is 0 Å². The number of hydrogen-bond donors (Lipinski definition) is 1. The molecule has 7 nitrogen and oxygen atoms in total. The Hall–Kier alpha value is -2.89. The maximum absolute atomic E-state index is 14.2. The largest absolute Gasteiger partial charge is 0.392 e. The number of carbonyl (C=O) groups is 2. The number of Topliss-reactive ketones (excluding diaryl/α,β-unsaturated/α-hetero) is 1. The topological polar surface area (TPSA) is 95.0 Å². The van der Waals surface area contributed by atoms with Gasteiger partial charge >= 0.3 is 0 Å². The molecule has 1 aliphatic rings. The normalized spacial score (nSPS) is 16.8. The first-order valence-electron chi connectivity index (χ1n) is 16.3. The highest BCUT2D eigenvalue weighted by Crippen LogP contribution is 2.33. The number of ketones is 1. The molecule has 3 aromatic carbocycles. The molecule has 0 aromatic heterocycles. The molecular formula is C36H42Cl2F2N2O5S. The van der Waals surface area contributed by atoms with Gasteiger partial charge in [-0.2, -0.15) is 4.31 Å². The molecular weight excluding hydrogens is 681 g/mol. The molecule has 2 unspecified atom stereocenters. The van der Waals surface area contributed by atoms with Crippen molar-refractivity contribution in [2.24, 2.45) is 11.8 Å². The van der Waals surface area contributed by atoms with Crippen LogP contribution in [0.1, 0.15) is 77.8 Å². The van der Waals surface area contributed by atoms with E-state index in [2.05, 4.69) is 0 Å². The number of nitrogens with zero attached hydrogens (tertiary/aromatic N) is 2. The van der Waals surface area contributed by atoms with Gasteiger partial charge in [-0.15, -0.1) is 0 Å². The third-order valence-corrected chi connectivity index (χ3v) is 11.3. The summed E-state index contributed by atoms with van der Waals surface area (Å²) in [5, 5.41) is 12.1. The average Bonchev–Trinajstić information content (AvgIpc) is 3.04. The molecule has 1 amide bonds. The smallest absolute Gasteiger partial charge is 0.253 e. The molecule has 48 heavy (non-hydrogen) atoms. The van der Waals surface area contributed by atoms with E-state index < -0.39 is 39.6 Å². The lowest BCUT2D eigenvalue weighted by Gasteiger charge is -2.37. The summed E-state index contributed by atoms with van der Waals surface area (Å²) >= 11 is 12.1. The highest BCUT2D eigenvalue weighted by atomic mass is 35.5. The fourth-order valence-corrected chi connectivity index (χ4v) is 8.37. The van der Waals surface area contributed by atoms with E-state index in [-0.39, 0.29) is 58.1 Å². The number of hydrogen-bond acceptors (Lipinski definition) is 5. The number of amides is 1. The molecule has 12 heteroatoms. The second-order valence-corrected chi connectivity index (χ2v) is 15.3. The monoisotopic (exact) mass is 722 g/mol. The van der Waals surface area contributed by atoms with Crippen LogP contribution in [0.25, 0.3) is 0 Å². The van der Waals surface area contributed by atoms with E-state index in [1.807, 2.05) is 13.8 Å². The van der Waals surface area contributed by atoms with Gasteiger partial charge in [0, 0.05) is 49.8 Å². The maximum atomic E-state index is 14.2. The summed E-state index contributed by atoms with van der Waals surface area (Å²) < 4.78 is 56.8. The number of aliphatic hydroxyl groups excluding tert-OH is 1. The molecule has 0 aliphatic carbocycles. The van der Waals surface area contributed by atoms with Crippen molar-refractivity contribution < 1.29 is 31.9 Å². The molecule has 1 heterocycles. The lowest BCUT2D eigenvalue weighted by Crippen LogP contribution is -2.46. The predicted molar refractivity (Wildman–Crippen MR) is 184 cm³/mol. The van der Waals surface area contributed by atoms with Crippen LogP contribution in [0.15, 0.2) is 59.5 Å². The van der Waals surface area contributed by atoms with Crippen molar-refractivity contribution in [2.75, 3.05) is 26.2 Å². The SMILES string of the molecule is CCCN(CCC)C(=O)c1cc(C)cc(C(=O)CC(Cc2cc(F)cc(F)c2)[C@H](O)C2CCCN(S(=O)(=O)c3ccc(Cl)c(Cl)c3)C2)c1. The third kappa shape index (κ3) is 9.41. The number of aliphatic hydroxyl groups is 1. The number of halogens is 4. The first-order chi connectivity index (χ1) is 22.7. The molecule has 0 spiro atoms. The van der Waals surface area contributed by atoms with Crippen LogP contribution in [0.3, 0.4) is 0 Å². The summed E-state index contributed by atoms with van der Waals surface area (Å²) in [6.07, 6.45) is 1.09. The second-order valence-electron chi connectivity index (χ2n) is 12.6. The molecule has 3 aromatic rings. The predicted octanol–water partition coefficient (Wildman–Crippen LogP) is 7.74. The Kier molecular flexibility index (Phi) is 13.2. The first-order valence-corrected chi connectivity index (χ1v) is 18.5. The number of piperidine rings is 1. The molecule has 1 N–H and O–H groups in total. The summed E-state index contributed by atoms with van der Waals surface area (Å²) in [4.78, 5) is 29.0. The van der Waals surface area contributed by atoms with Gasteiger partial charge in [0.1, 0.15) is 11.6 Å². The van der Waals surface area contributed by atoms with Crippen LogP contribution >= 0.6 is 23.2 Å². The third-order valence-electron chi connectivity index (χ3n) is 8.70. The van der Waals surface area contributed by atoms with Crippen molar-refractivity contribution in [3.8, 4) is 0 Å². The van der Waals surface area contributed by atoms with E-state index in [4.69, 9.17) is 23.2 Å². The van der Waals surface area contributed by atoms with Gasteiger partial charge in [-0.05, 0) is 111 Å². The Morgan fingerprint density at radius 2 is 1.60 bits per heavy atom. The Labute approximate surface area is 291 Å². The van der Waals surface area contributed by atoms with Gasteiger partial charge in [0.25, 0.3) is 5.91 Å². The van der Waals surface area contributed by atoms with E-state index in [1.165, 1.54) is 22.5 Å². The summed E-state index contributed by atoms with van der Waals surface area (Å²) in [5.74, 6) is -3.47. The summed E-state index contributed by atoms with van der Waals surface area (Å²) in [5.41, 5.74) is 1.66. The second kappa shape index (κ2) is 16.7. The summed E-state index contributed by atoms with van der Waals surface area (Å²) in [6, 6.07) is 12.1. The van der Waals surface area contributed by atoms with Crippen LogP contribution < -0.4 is 0 Å². The van der Waals surface area contributed by atoms with Crippen molar-refractivity contribution >= 4 is 44.9 Å². The van der Waals surface area contributed by atoms with Crippen LogP contribution in [-0.4, -0.2) is 66.7 Å². The van der Waals surface area contributed by atoms with Crippen molar-refractivity contribution in [1.82, 2.24) is 9.21 Å². The number of rotatable bonds is 14. The highest BCUT2D eigenvalue weighted by molar-refractivity contribution is 7.89. The Morgan fingerprint density at radius 1 is 0.958 bits per heavy atom. The van der Waals surface area contributed by atoms with E-state index in [0.717, 1.165) is 36.6 Å². The van der Waals surface area contributed by atoms with Crippen molar-refractivity contribution in [3.63, 3.8) is 0 Å². The van der Waals surface area contributed by atoms with E-state index >= 15 is 0 Å². The van der Waals surface area contributed by atoms with Gasteiger partial charge < -0.3 is 10.0 Å². The zero-order valence-corrected chi connectivity index (χ0v) is 29.7. The molecule has 1 aliphatic heterocycles. The standard InChI is InChI=1S/C36H42Cl2F2N2O5S/c1-4-10-41(11-5-2)36(45)28-14-23(3)13-26(18-28)34(43)19-27(15-24-16-29(39)20-30(40)17-24)35(44)25-7-6-12-42(22-25)48(46,47)31-8-9-32(37)33(38)21-31/h8-9,13-14,16-18,20-21,25,27,35,44H,4-7,10-12,15,19,22H2,1-3H3/t25?,27?,35-/m1/s1. The van der Waals surface area contributed by atoms with Crippen molar-refractivity contribution in [2.45, 2.75) is 70.3 Å². The molecule has 1 saturated heterocycles. The minimum atomic E-state index is -3.99. The van der Waals surface area contributed by atoms with Gasteiger partial charge in [0.05, 0.1) is 21.0 Å². The number of sulfonamides is 1. The van der Waals surface area contributed by atoms with Crippen molar-refractivity contribution in [3.05, 3.63) is 98.5 Å². The molecule has 4 rings (SSSR count). The molecule has 260 valence electrons. The van der Waals surface area contributed by atoms with Gasteiger partial charge in [-0.3, -0.25) is 9.59 Å². The van der Waals surface area contributed by atoms with E-state index in [0.29, 0.717) is 37.1 Å². The zero-order valence-electron chi connectivity index (χ0n) is 27.4. The summed E-state index contributed by atoms with van der Waals surface area (Å²) in [7, 11) is -3.99. The molecule has 0 saturated carbocycles. The summed E-state index contributed by atoms with van der Waals surface area (Å²) in [6.45, 7) is 7.14. The molecule has 0 bridgehead atoms. The zero-order chi connectivity index (χ0) is 35.2. The number of benzene rings is 3. The van der Waals surface area contributed by atoms with Gasteiger partial charge in [0.2, 0.25) is 10.0 Å². The molecule has 1 fully saturated rings. The first kappa shape index (κ1) is 37.9. The average molecular weight is 724 g/mol. The fourth-order valence-electron chi connectivity index (χ4n) is 6.45. The van der Waals surface area contributed by atoms with Crippen LogP contribution in [0.4, 0.5) is 8.78 Å². The van der Waals surface area contributed by atoms with Crippen LogP contribution in [0.5, 0.6) is 0 Å². The van der Waals surface area contributed by atoms with E-state index in [9.17, 15) is 31.9 Å². The maximum Gasteiger partial charge on any atom is 0.253 e. The number of carbonyl (C=O) groups excluding carboxylic acids is 2. The van der Waals surface area contributed by atoms with Gasteiger partial charge in [0.15, 0.2) is 5.78 Å². The molecule has 0 radical (unpaired) electrons. The minimum absolute atomic E-state index is 0.0280. The Balaban J connectivity index is 1.62. The van der Waals surface area contributed by atoms with Gasteiger partial charge in [-0.25, -0.2) is 17.2 Å². The van der Waals surface area contributed by atoms with Crippen LogP contribution in [-0.2, 0) is 16.4 Å². The fraction of sp³-hybridized carbons (Fsp3) is 0.444. The van der Waals surface area contributed by atoms with Gasteiger partial charge in [-0.1, -0.05) is 37.0 Å². The Bertz CT molecular complexity index is 1710. The lowest BCUT2D eigenvalue weighted by atomic mass is 9.79. The lowest BCUT2D eigenvalue weighted by molar-refractivity contribution is 0.0231. The quantitative estimate of drug-likeness (QED) is 0.172. The van der Waals surface area contributed by atoms with Crippen LogP contribution in [0.2, 0.25) is 10.0 Å². The van der Waals surface area contributed by atoms with E-state index in [1.54, 1.807) is 30.0 Å². The van der Waals surface area contributed by atoms with Crippen LogP contribution in [0, 0.1) is 30.4 Å². The minimum Gasteiger partial charge on any atom is -0.392 e. The Morgan fingerprint density at radius 3 is 2.23 bits per heavy atom.